The Morgan fingerprint density at radius 2 is 1.79 bits per heavy atom. The molecule has 182 valence electrons. The quantitative estimate of drug-likeness (QED) is 0.191. The smallest absolute Gasteiger partial charge is 0.381 e. The summed E-state index contributed by atoms with van der Waals surface area (Å²) in [5.74, 6) is -0.687. The largest absolute Gasteiger partial charge is 0.411 e. The summed E-state index contributed by atoms with van der Waals surface area (Å²) in [6.45, 7) is 6.12. The maximum absolute atomic E-state index is 13.4. The summed E-state index contributed by atoms with van der Waals surface area (Å²) >= 11 is 0. The summed E-state index contributed by atoms with van der Waals surface area (Å²) in [5, 5.41) is 11.0. The Morgan fingerprint density at radius 3 is 2.41 bits per heavy atom. The average molecular weight is 475 g/mol. The van der Waals surface area contributed by atoms with Gasteiger partial charge in [0.25, 0.3) is 0 Å². The molecule has 2 aromatic carbocycles. The second-order valence-corrected chi connectivity index (χ2v) is 8.50. The first kappa shape index (κ1) is 27.1. The van der Waals surface area contributed by atoms with Gasteiger partial charge in [-0.25, -0.2) is 4.39 Å². The van der Waals surface area contributed by atoms with Crippen LogP contribution in [0.1, 0.15) is 36.5 Å². The molecule has 0 amide bonds. The Morgan fingerprint density at radius 1 is 1.09 bits per heavy atom. The van der Waals surface area contributed by atoms with Crippen LogP contribution in [0.2, 0.25) is 0 Å². The Hall–Kier alpha value is -3.19. The second kappa shape index (κ2) is 12.3. The normalized spacial score (nSPS) is 13.6. The third-order valence-electron chi connectivity index (χ3n) is 5.18. The monoisotopic (exact) mass is 474 g/mol. The van der Waals surface area contributed by atoms with Crippen molar-refractivity contribution in [1.82, 2.24) is 0 Å². The molecule has 0 saturated heterocycles. The van der Waals surface area contributed by atoms with Crippen molar-refractivity contribution in [3.05, 3.63) is 102 Å². The van der Waals surface area contributed by atoms with E-state index in [1.54, 1.807) is 6.08 Å². The van der Waals surface area contributed by atoms with Crippen LogP contribution in [0.25, 0.3) is 0 Å². The van der Waals surface area contributed by atoms with Crippen molar-refractivity contribution in [3.63, 3.8) is 0 Å². The molecule has 7 heteroatoms. The Balaban J connectivity index is 2.31. The molecule has 0 fully saturated rings. The van der Waals surface area contributed by atoms with E-state index >= 15 is 0 Å². The van der Waals surface area contributed by atoms with Crippen LogP contribution in [0.3, 0.4) is 0 Å². The summed E-state index contributed by atoms with van der Waals surface area (Å²) < 4.78 is 56.4. The lowest BCUT2D eigenvalue weighted by Crippen LogP contribution is -2.31. The van der Waals surface area contributed by atoms with Gasteiger partial charge in [0.15, 0.2) is 0 Å². The minimum Gasteiger partial charge on any atom is -0.381 e. The molecule has 0 heterocycles. The van der Waals surface area contributed by atoms with E-state index in [-0.39, 0.29) is 12.5 Å². The predicted octanol–water partition coefficient (Wildman–Crippen LogP) is 7.43. The van der Waals surface area contributed by atoms with Crippen LogP contribution in [0.15, 0.2) is 85.2 Å². The number of benzene rings is 2. The molecular formula is C27H30F4N2O. The standard InChI is InChI=1S/C27H30F4N2O/c1-4-9-23(28)12-8-15-33-24-14-13-21(16-22(24)17-32)25(20-10-6-5-7-11-20)26(2,3)18-34-19-27(29,30)31/h4-14,16-17,25,32-33H,1,15,18-19H2,2-3H3/b12-8-,23-9+,32-17?. The molecule has 0 aliphatic rings. The average Bonchev–Trinajstić information content (AvgIpc) is 2.77. The number of nitrogens with one attached hydrogen (secondary N) is 2. The molecular weight excluding hydrogens is 444 g/mol. The van der Waals surface area contributed by atoms with Crippen molar-refractivity contribution >= 4 is 11.9 Å². The van der Waals surface area contributed by atoms with E-state index in [1.807, 2.05) is 62.4 Å². The topological polar surface area (TPSA) is 45.1 Å². The molecule has 0 saturated carbocycles. The van der Waals surface area contributed by atoms with Gasteiger partial charge >= 0.3 is 6.18 Å². The van der Waals surface area contributed by atoms with Gasteiger partial charge in [0.05, 0.1) is 6.61 Å². The van der Waals surface area contributed by atoms with E-state index in [2.05, 4.69) is 11.9 Å². The van der Waals surface area contributed by atoms with Crippen molar-refractivity contribution < 1.29 is 22.3 Å². The summed E-state index contributed by atoms with van der Waals surface area (Å²) in [7, 11) is 0. The third kappa shape index (κ3) is 8.30. The molecule has 0 bridgehead atoms. The number of hydrogen-bond acceptors (Lipinski definition) is 3. The van der Waals surface area contributed by atoms with E-state index in [9.17, 15) is 17.6 Å². The summed E-state index contributed by atoms with van der Waals surface area (Å²) in [6.07, 6.45) is 2.36. The summed E-state index contributed by atoms with van der Waals surface area (Å²) in [5.41, 5.74) is 2.42. The van der Waals surface area contributed by atoms with E-state index in [4.69, 9.17) is 10.1 Å². The lowest BCUT2D eigenvalue weighted by atomic mass is 9.71. The highest BCUT2D eigenvalue weighted by Gasteiger charge is 2.35. The van der Waals surface area contributed by atoms with Crippen molar-refractivity contribution in [1.29, 1.82) is 5.41 Å². The van der Waals surface area contributed by atoms with Crippen LogP contribution in [0.4, 0.5) is 23.2 Å². The van der Waals surface area contributed by atoms with Gasteiger partial charge < -0.3 is 15.5 Å². The molecule has 1 atom stereocenters. The molecule has 2 aromatic rings. The van der Waals surface area contributed by atoms with Crippen molar-refractivity contribution in [2.45, 2.75) is 25.9 Å². The number of hydrogen-bond donors (Lipinski definition) is 2. The minimum absolute atomic E-state index is 0.0966. The van der Waals surface area contributed by atoms with Crippen LogP contribution in [-0.4, -0.2) is 32.1 Å². The Kier molecular flexibility index (Phi) is 9.81. The Bertz CT molecular complexity index is 1010. The summed E-state index contributed by atoms with van der Waals surface area (Å²) in [6, 6.07) is 15.1. The van der Waals surface area contributed by atoms with Gasteiger partial charge in [0.1, 0.15) is 12.4 Å². The zero-order valence-electron chi connectivity index (χ0n) is 19.3. The van der Waals surface area contributed by atoms with Crippen LogP contribution in [0.5, 0.6) is 0 Å². The number of halogens is 4. The first-order chi connectivity index (χ1) is 16.1. The SMILES string of the molecule is C=C/C=C(F)\C=C/CNc1ccc(C(c2ccccc2)C(C)(C)COCC(F)(F)F)cc1C=N. The molecule has 0 aromatic heterocycles. The zero-order chi connectivity index (χ0) is 25.2. The third-order valence-corrected chi connectivity index (χ3v) is 5.18. The lowest BCUT2D eigenvalue weighted by molar-refractivity contribution is -0.180. The van der Waals surface area contributed by atoms with Gasteiger partial charge in [-0.05, 0) is 40.8 Å². The van der Waals surface area contributed by atoms with Gasteiger partial charge in [-0.3, -0.25) is 0 Å². The van der Waals surface area contributed by atoms with Crippen LogP contribution < -0.4 is 5.32 Å². The minimum atomic E-state index is -4.39. The summed E-state index contributed by atoms with van der Waals surface area (Å²) in [4.78, 5) is 0. The molecule has 2 rings (SSSR count). The van der Waals surface area contributed by atoms with Gasteiger partial charge in [0.2, 0.25) is 0 Å². The number of ether oxygens (including phenoxy) is 1. The van der Waals surface area contributed by atoms with Crippen LogP contribution in [0, 0.1) is 10.8 Å². The van der Waals surface area contributed by atoms with E-state index < -0.39 is 24.0 Å². The number of allylic oxidation sites excluding steroid dienone is 4. The molecule has 1 unspecified atom stereocenters. The fourth-order valence-electron chi connectivity index (χ4n) is 3.80. The molecule has 0 aliphatic heterocycles. The van der Waals surface area contributed by atoms with Crippen LogP contribution in [-0.2, 0) is 4.74 Å². The van der Waals surface area contributed by atoms with Crippen molar-refractivity contribution in [2.75, 3.05) is 25.1 Å². The zero-order valence-corrected chi connectivity index (χ0v) is 19.3. The molecule has 34 heavy (non-hydrogen) atoms. The Labute approximate surface area is 198 Å². The number of anilines is 1. The highest BCUT2D eigenvalue weighted by molar-refractivity contribution is 5.86. The molecule has 0 radical (unpaired) electrons. The highest BCUT2D eigenvalue weighted by Crippen LogP contribution is 2.42. The number of rotatable bonds is 12. The fraction of sp³-hybridized carbons (Fsp3) is 0.296. The first-order valence-corrected chi connectivity index (χ1v) is 10.8. The maximum atomic E-state index is 13.4. The second-order valence-electron chi connectivity index (χ2n) is 8.50. The highest BCUT2D eigenvalue weighted by atomic mass is 19.4. The number of alkyl halides is 3. The van der Waals surface area contributed by atoms with E-state index in [1.165, 1.54) is 24.4 Å². The van der Waals surface area contributed by atoms with Crippen molar-refractivity contribution in [3.8, 4) is 0 Å². The predicted molar refractivity (Wildman–Crippen MR) is 130 cm³/mol. The van der Waals surface area contributed by atoms with Gasteiger partial charge in [-0.2, -0.15) is 13.2 Å². The fourth-order valence-corrected chi connectivity index (χ4v) is 3.80. The van der Waals surface area contributed by atoms with E-state index in [0.717, 1.165) is 11.1 Å². The lowest BCUT2D eigenvalue weighted by Gasteiger charge is -2.35. The van der Waals surface area contributed by atoms with Gasteiger partial charge in [-0.1, -0.05) is 69.0 Å². The molecule has 0 aliphatic carbocycles. The van der Waals surface area contributed by atoms with E-state index in [0.29, 0.717) is 17.8 Å². The molecule has 3 nitrogen and oxygen atoms in total. The maximum Gasteiger partial charge on any atom is 0.411 e. The first-order valence-electron chi connectivity index (χ1n) is 10.8. The molecule has 0 spiro atoms. The molecule has 2 N–H and O–H groups in total. The van der Waals surface area contributed by atoms with Crippen LogP contribution >= 0.6 is 0 Å². The van der Waals surface area contributed by atoms with Gasteiger partial charge in [0, 0.05) is 29.9 Å². The van der Waals surface area contributed by atoms with Crippen molar-refractivity contribution in [2.24, 2.45) is 5.41 Å². The van der Waals surface area contributed by atoms with Gasteiger partial charge in [-0.15, -0.1) is 0 Å².